The van der Waals surface area contributed by atoms with Crippen LogP contribution in [-0.2, 0) is 5.88 Å². The van der Waals surface area contributed by atoms with Crippen molar-refractivity contribution in [3.8, 4) is 11.5 Å². The second kappa shape index (κ2) is 7.14. The molecule has 2 rings (SSSR count). The molecule has 2 aromatic carbocycles. The van der Waals surface area contributed by atoms with Crippen LogP contribution in [0.15, 0.2) is 46.9 Å². The van der Waals surface area contributed by atoms with Gasteiger partial charge in [0, 0.05) is 10.0 Å². The average molecular weight is 354 g/mol. The Morgan fingerprint density at radius 1 is 1.15 bits per heavy atom. The van der Waals surface area contributed by atoms with Gasteiger partial charge in [0.15, 0.2) is 0 Å². The third-order valence-corrected chi connectivity index (χ3v) is 4.23. The summed E-state index contributed by atoms with van der Waals surface area (Å²) < 4.78 is 7.11. The number of hydrogen-bond donors (Lipinski definition) is 0. The van der Waals surface area contributed by atoms with Crippen molar-refractivity contribution in [3.63, 3.8) is 0 Å². The van der Waals surface area contributed by atoms with Crippen LogP contribution in [0.5, 0.6) is 11.5 Å². The molecular formula is C17H18BrClO. The normalized spacial score (nSPS) is 12.2. The van der Waals surface area contributed by atoms with E-state index in [1.54, 1.807) is 0 Å². The third kappa shape index (κ3) is 3.56. The molecular weight excluding hydrogens is 336 g/mol. The molecule has 0 radical (unpaired) electrons. The van der Waals surface area contributed by atoms with E-state index < -0.39 is 0 Å². The van der Waals surface area contributed by atoms with Gasteiger partial charge in [0.25, 0.3) is 0 Å². The lowest BCUT2D eigenvalue weighted by molar-refractivity contribution is 0.466. The smallest absolute Gasteiger partial charge is 0.131 e. The van der Waals surface area contributed by atoms with E-state index in [0.29, 0.717) is 11.8 Å². The molecule has 0 aliphatic rings. The van der Waals surface area contributed by atoms with Gasteiger partial charge >= 0.3 is 0 Å². The van der Waals surface area contributed by atoms with Crippen LogP contribution in [0.2, 0.25) is 0 Å². The first kappa shape index (κ1) is 15.4. The predicted octanol–water partition coefficient (Wildman–Crippen LogP) is 6.49. The second-order valence-electron chi connectivity index (χ2n) is 4.83. The van der Waals surface area contributed by atoms with Crippen molar-refractivity contribution in [2.45, 2.75) is 32.1 Å². The van der Waals surface area contributed by atoms with Crippen LogP contribution in [0.3, 0.4) is 0 Å². The van der Waals surface area contributed by atoms with Gasteiger partial charge in [-0.05, 0) is 42.2 Å². The standard InChI is InChI=1S/C17H18BrClO/c1-3-12(2)15-6-4-5-7-17(15)20-16-9-8-14(18)10-13(16)11-19/h4-10,12H,3,11H2,1-2H3. The van der Waals surface area contributed by atoms with E-state index in [2.05, 4.69) is 41.9 Å². The van der Waals surface area contributed by atoms with Gasteiger partial charge in [-0.25, -0.2) is 0 Å². The molecule has 1 unspecified atom stereocenters. The van der Waals surface area contributed by atoms with Crippen molar-refractivity contribution >= 4 is 27.5 Å². The topological polar surface area (TPSA) is 9.23 Å². The average Bonchev–Trinajstić information content (AvgIpc) is 2.48. The molecule has 0 aromatic heterocycles. The predicted molar refractivity (Wildman–Crippen MR) is 88.9 cm³/mol. The number of para-hydroxylation sites is 1. The zero-order valence-corrected chi connectivity index (χ0v) is 14.0. The summed E-state index contributed by atoms with van der Waals surface area (Å²) in [7, 11) is 0. The molecule has 0 aliphatic carbocycles. The Labute approximate surface area is 134 Å². The maximum absolute atomic E-state index is 6.10. The molecule has 0 amide bonds. The summed E-state index contributed by atoms with van der Waals surface area (Å²) in [6.45, 7) is 4.40. The van der Waals surface area contributed by atoms with Crippen LogP contribution >= 0.6 is 27.5 Å². The molecule has 1 nitrogen and oxygen atoms in total. The lowest BCUT2D eigenvalue weighted by Gasteiger charge is -2.17. The monoisotopic (exact) mass is 352 g/mol. The summed E-state index contributed by atoms with van der Waals surface area (Å²) in [4.78, 5) is 0. The minimum atomic E-state index is 0.431. The molecule has 0 bridgehead atoms. The highest BCUT2D eigenvalue weighted by atomic mass is 79.9. The van der Waals surface area contributed by atoms with Crippen LogP contribution < -0.4 is 4.74 Å². The molecule has 2 aromatic rings. The van der Waals surface area contributed by atoms with E-state index in [0.717, 1.165) is 28.0 Å². The summed E-state index contributed by atoms with van der Waals surface area (Å²) in [6, 6.07) is 14.1. The largest absolute Gasteiger partial charge is 0.457 e. The number of alkyl halides is 1. The van der Waals surface area contributed by atoms with Crippen LogP contribution in [-0.4, -0.2) is 0 Å². The van der Waals surface area contributed by atoms with E-state index in [9.17, 15) is 0 Å². The minimum absolute atomic E-state index is 0.431. The van der Waals surface area contributed by atoms with Gasteiger partial charge in [0.05, 0.1) is 5.88 Å². The molecule has 1 atom stereocenters. The number of halogens is 2. The zero-order chi connectivity index (χ0) is 14.5. The third-order valence-electron chi connectivity index (χ3n) is 3.45. The fourth-order valence-electron chi connectivity index (χ4n) is 2.07. The van der Waals surface area contributed by atoms with Gasteiger partial charge in [-0.3, -0.25) is 0 Å². The molecule has 0 fully saturated rings. The van der Waals surface area contributed by atoms with Crippen molar-refractivity contribution in [1.29, 1.82) is 0 Å². The van der Waals surface area contributed by atoms with Gasteiger partial charge in [0.2, 0.25) is 0 Å². The summed E-state index contributed by atoms with van der Waals surface area (Å²) in [6.07, 6.45) is 1.09. The zero-order valence-electron chi connectivity index (χ0n) is 11.7. The van der Waals surface area contributed by atoms with E-state index in [1.165, 1.54) is 5.56 Å². The maximum Gasteiger partial charge on any atom is 0.131 e. The van der Waals surface area contributed by atoms with Crippen molar-refractivity contribution < 1.29 is 4.74 Å². The Morgan fingerprint density at radius 2 is 1.90 bits per heavy atom. The summed E-state index contributed by atoms with van der Waals surface area (Å²) in [5.74, 6) is 2.64. The number of rotatable bonds is 5. The Balaban J connectivity index is 2.35. The van der Waals surface area contributed by atoms with E-state index in [1.807, 2.05) is 30.3 Å². The molecule has 0 aliphatic heterocycles. The first-order valence-electron chi connectivity index (χ1n) is 6.76. The number of ether oxygens (including phenoxy) is 1. The highest BCUT2D eigenvalue weighted by Gasteiger charge is 2.12. The Bertz CT molecular complexity index is 583. The summed E-state index contributed by atoms with van der Waals surface area (Å²) in [5, 5.41) is 0. The van der Waals surface area contributed by atoms with Gasteiger partial charge in [0.1, 0.15) is 11.5 Å². The maximum atomic E-state index is 6.10. The van der Waals surface area contributed by atoms with Crippen LogP contribution in [0.25, 0.3) is 0 Å². The molecule has 0 saturated heterocycles. The Hall–Kier alpha value is -0.990. The van der Waals surface area contributed by atoms with Crippen molar-refractivity contribution in [3.05, 3.63) is 58.1 Å². The highest BCUT2D eigenvalue weighted by molar-refractivity contribution is 9.10. The van der Waals surface area contributed by atoms with Crippen LogP contribution in [0, 0.1) is 0 Å². The summed E-state index contributed by atoms with van der Waals surface area (Å²) in [5.41, 5.74) is 2.22. The lowest BCUT2D eigenvalue weighted by atomic mass is 9.98. The van der Waals surface area contributed by atoms with E-state index in [-0.39, 0.29) is 0 Å². The molecule has 3 heteroatoms. The Kier molecular flexibility index (Phi) is 5.50. The number of benzene rings is 2. The molecule has 0 heterocycles. The summed E-state index contributed by atoms with van der Waals surface area (Å²) >= 11 is 9.46. The van der Waals surface area contributed by atoms with Gasteiger partial charge in [-0.2, -0.15) is 0 Å². The SMILES string of the molecule is CCC(C)c1ccccc1Oc1ccc(Br)cc1CCl. The van der Waals surface area contributed by atoms with Gasteiger partial charge in [-0.1, -0.05) is 48.0 Å². The number of hydrogen-bond acceptors (Lipinski definition) is 1. The first-order chi connectivity index (χ1) is 9.65. The molecule has 0 N–H and O–H groups in total. The van der Waals surface area contributed by atoms with Crippen LogP contribution in [0.4, 0.5) is 0 Å². The van der Waals surface area contributed by atoms with E-state index >= 15 is 0 Å². The van der Waals surface area contributed by atoms with E-state index in [4.69, 9.17) is 16.3 Å². The second-order valence-corrected chi connectivity index (χ2v) is 6.02. The fourth-order valence-corrected chi connectivity index (χ4v) is 2.69. The quantitative estimate of drug-likeness (QED) is 0.558. The van der Waals surface area contributed by atoms with Crippen molar-refractivity contribution in [2.75, 3.05) is 0 Å². The molecule has 20 heavy (non-hydrogen) atoms. The minimum Gasteiger partial charge on any atom is -0.457 e. The van der Waals surface area contributed by atoms with Crippen LogP contribution in [0.1, 0.15) is 37.3 Å². The molecule has 0 spiro atoms. The Morgan fingerprint density at radius 3 is 2.60 bits per heavy atom. The first-order valence-corrected chi connectivity index (χ1v) is 8.09. The lowest BCUT2D eigenvalue weighted by Crippen LogP contribution is -1.97. The van der Waals surface area contributed by atoms with Crippen molar-refractivity contribution in [2.24, 2.45) is 0 Å². The van der Waals surface area contributed by atoms with Gasteiger partial charge in [-0.15, -0.1) is 11.6 Å². The fraction of sp³-hybridized carbons (Fsp3) is 0.294. The van der Waals surface area contributed by atoms with Crippen molar-refractivity contribution in [1.82, 2.24) is 0 Å². The highest BCUT2D eigenvalue weighted by Crippen LogP contribution is 2.34. The molecule has 0 saturated carbocycles. The van der Waals surface area contributed by atoms with Gasteiger partial charge < -0.3 is 4.74 Å². The molecule has 106 valence electrons.